The number of thiazole rings is 1. The van der Waals surface area contributed by atoms with E-state index in [-0.39, 0.29) is 19.1 Å². The van der Waals surface area contributed by atoms with Crippen molar-refractivity contribution in [1.29, 1.82) is 0 Å². The molecule has 1 N–H and O–H groups in total. The fourth-order valence-corrected chi connectivity index (χ4v) is 4.07. The van der Waals surface area contributed by atoms with E-state index in [0.717, 1.165) is 10.6 Å². The van der Waals surface area contributed by atoms with Gasteiger partial charge in [0.05, 0.1) is 12.8 Å². The summed E-state index contributed by atoms with van der Waals surface area (Å²) in [6.45, 7) is 0.813. The third-order valence-electron chi connectivity index (χ3n) is 4.48. The van der Waals surface area contributed by atoms with Crippen LogP contribution in [0.5, 0.6) is 0 Å². The number of hydrogen-bond donors (Lipinski definition) is 1. The molecule has 132 valence electrons. The number of methoxy groups -OCH3 is 1. The molecule has 0 bridgehead atoms. The van der Waals surface area contributed by atoms with Gasteiger partial charge in [0.15, 0.2) is 0 Å². The van der Waals surface area contributed by atoms with Gasteiger partial charge in [-0.05, 0) is 12.8 Å². The molecule has 0 spiro atoms. The number of likely N-dealkylation sites (tertiary alicyclic amines) is 1. The van der Waals surface area contributed by atoms with Crippen molar-refractivity contribution in [1.82, 2.24) is 9.88 Å². The Morgan fingerprint density at radius 3 is 2.80 bits per heavy atom. The van der Waals surface area contributed by atoms with Crippen molar-refractivity contribution < 1.29 is 19.4 Å². The number of hydrogen-bond acceptors (Lipinski definition) is 5. The molecule has 1 aliphatic rings. The zero-order chi connectivity index (χ0) is 17.9. The highest BCUT2D eigenvalue weighted by Gasteiger charge is 2.44. The highest BCUT2D eigenvalue weighted by molar-refractivity contribution is 7.16. The zero-order valence-corrected chi connectivity index (χ0v) is 14.8. The normalized spacial score (nSPS) is 20.4. The van der Waals surface area contributed by atoms with Gasteiger partial charge in [0.1, 0.15) is 15.3 Å². The maximum atomic E-state index is 12.8. The van der Waals surface area contributed by atoms with Gasteiger partial charge in [-0.1, -0.05) is 30.3 Å². The molecule has 0 saturated carbocycles. The van der Waals surface area contributed by atoms with Crippen LogP contribution in [0, 0.1) is 5.41 Å². The van der Waals surface area contributed by atoms with Crippen LogP contribution in [-0.2, 0) is 9.53 Å². The predicted molar refractivity (Wildman–Crippen MR) is 94.6 cm³/mol. The minimum Gasteiger partial charge on any atom is -0.481 e. The first-order valence-electron chi connectivity index (χ1n) is 8.08. The van der Waals surface area contributed by atoms with Gasteiger partial charge in [0, 0.05) is 25.8 Å². The number of aliphatic carboxylic acids is 1. The minimum atomic E-state index is -1.03. The maximum absolute atomic E-state index is 12.8. The van der Waals surface area contributed by atoms with Crippen molar-refractivity contribution in [2.45, 2.75) is 12.8 Å². The van der Waals surface area contributed by atoms with Crippen molar-refractivity contribution in [3.63, 3.8) is 0 Å². The third kappa shape index (κ3) is 3.57. The van der Waals surface area contributed by atoms with Gasteiger partial charge in [0.2, 0.25) is 0 Å². The summed E-state index contributed by atoms with van der Waals surface area (Å²) in [6, 6.07) is 9.67. The summed E-state index contributed by atoms with van der Waals surface area (Å²) in [5, 5.41) is 10.4. The molecule has 6 nitrogen and oxygen atoms in total. The lowest BCUT2D eigenvalue weighted by Gasteiger charge is -2.39. The second-order valence-electron chi connectivity index (χ2n) is 6.24. The van der Waals surface area contributed by atoms with Gasteiger partial charge in [-0.25, -0.2) is 4.98 Å². The molecule has 1 saturated heterocycles. The molecule has 1 aromatic heterocycles. The molecule has 25 heavy (non-hydrogen) atoms. The van der Waals surface area contributed by atoms with Gasteiger partial charge >= 0.3 is 5.97 Å². The number of carboxylic acid groups (broad SMARTS) is 1. The Labute approximate surface area is 150 Å². The summed E-state index contributed by atoms with van der Waals surface area (Å²) in [7, 11) is 1.49. The number of ether oxygens (including phenoxy) is 1. The van der Waals surface area contributed by atoms with E-state index in [0.29, 0.717) is 24.3 Å². The van der Waals surface area contributed by atoms with E-state index < -0.39 is 11.4 Å². The van der Waals surface area contributed by atoms with E-state index >= 15 is 0 Å². The smallest absolute Gasteiger partial charge is 0.313 e. The lowest BCUT2D eigenvalue weighted by atomic mass is 9.80. The van der Waals surface area contributed by atoms with E-state index in [2.05, 4.69) is 4.98 Å². The first kappa shape index (κ1) is 17.6. The molecule has 0 radical (unpaired) electrons. The molecular formula is C18H20N2O4S. The summed E-state index contributed by atoms with van der Waals surface area (Å²) in [4.78, 5) is 31.0. The Morgan fingerprint density at radius 2 is 2.12 bits per heavy atom. The summed E-state index contributed by atoms with van der Waals surface area (Å²) < 4.78 is 5.11. The fraction of sp³-hybridized carbons (Fsp3) is 0.389. The average molecular weight is 360 g/mol. The van der Waals surface area contributed by atoms with E-state index in [1.165, 1.54) is 18.4 Å². The number of carbonyl (C=O) groups is 2. The number of carbonyl (C=O) groups excluding carboxylic acids is 1. The number of carboxylic acids is 1. The number of aromatic nitrogens is 1. The van der Waals surface area contributed by atoms with Crippen LogP contribution in [0.4, 0.5) is 0 Å². The third-order valence-corrected chi connectivity index (χ3v) is 5.51. The van der Waals surface area contributed by atoms with Crippen LogP contribution in [0.3, 0.4) is 0 Å². The fourth-order valence-electron chi connectivity index (χ4n) is 3.18. The molecule has 1 unspecified atom stereocenters. The summed E-state index contributed by atoms with van der Waals surface area (Å²) in [6.07, 6.45) is 2.73. The van der Waals surface area contributed by atoms with Gasteiger partial charge in [-0.3, -0.25) is 9.59 Å². The van der Waals surface area contributed by atoms with E-state index in [9.17, 15) is 14.7 Å². The number of piperidine rings is 1. The summed E-state index contributed by atoms with van der Waals surface area (Å²) in [5.74, 6) is -1.08. The van der Waals surface area contributed by atoms with Crippen LogP contribution in [0.15, 0.2) is 36.5 Å². The van der Waals surface area contributed by atoms with E-state index in [1.807, 2.05) is 30.3 Å². The second kappa shape index (κ2) is 7.33. The summed E-state index contributed by atoms with van der Waals surface area (Å²) in [5.41, 5.74) is -0.0697. The van der Waals surface area contributed by atoms with E-state index in [4.69, 9.17) is 4.74 Å². The summed E-state index contributed by atoms with van der Waals surface area (Å²) >= 11 is 1.33. The van der Waals surface area contributed by atoms with Crippen LogP contribution in [-0.4, -0.2) is 53.7 Å². The molecule has 2 heterocycles. The highest BCUT2D eigenvalue weighted by atomic mass is 32.1. The van der Waals surface area contributed by atoms with Crippen molar-refractivity contribution >= 4 is 23.2 Å². The SMILES string of the molecule is COCC1(C(=O)O)CCCN(C(=O)c2cnc(-c3ccccc3)s2)C1. The number of nitrogens with zero attached hydrogens (tertiary/aromatic N) is 2. The van der Waals surface area contributed by atoms with Gasteiger partial charge in [0.25, 0.3) is 5.91 Å². The average Bonchev–Trinajstić information content (AvgIpc) is 3.12. The highest BCUT2D eigenvalue weighted by Crippen LogP contribution is 2.33. The standard InChI is InChI=1S/C18H20N2O4S/c1-24-12-18(17(22)23)8-5-9-20(11-18)16(21)14-10-19-15(25-14)13-6-3-2-4-7-13/h2-4,6-7,10H,5,8-9,11-12H2,1H3,(H,22,23). The zero-order valence-electron chi connectivity index (χ0n) is 14.0. The van der Waals surface area contributed by atoms with Crippen LogP contribution in [0.1, 0.15) is 22.5 Å². The number of rotatable bonds is 5. The topological polar surface area (TPSA) is 79.7 Å². The van der Waals surface area contributed by atoms with Crippen LogP contribution in [0.2, 0.25) is 0 Å². The van der Waals surface area contributed by atoms with Crippen molar-refractivity contribution in [2.75, 3.05) is 26.8 Å². The molecule has 2 aromatic rings. The first-order valence-corrected chi connectivity index (χ1v) is 8.90. The molecule has 3 rings (SSSR count). The van der Waals surface area contributed by atoms with Crippen molar-refractivity contribution in [2.24, 2.45) is 5.41 Å². The van der Waals surface area contributed by atoms with Crippen LogP contribution >= 0.6 is 11.3 Å². The molecule has 1 fully saturated rings. The number of benzene rings is 1. The Hall–Kier alpha value is -2.25. The Morgan fingerprint density at radius 1 is 1.36 bits per heavy atom. The van der Waals surface area contributed by atoms with Crippen LogP contribution < -0.4 is 0 Å². The molecule has 7 heteroatoms. The Kier molecular flexibility index (Phi) is 5.15. The van der Waals surface area contributed by atoms with Gasteiger partial charge in [-0.15, -0.1) is 11.3 Å². The first-order chi connectivity index (χ1) is 12.1. The molecular weight excluding hydrogens is 340 g/mol. The molecule has 0 aliphatic carbocycles. The monoisotopic (exact) mass is 360 g/mol. The molecule has 1 aliphatic heterocycles. The van der Waals surface area contributed by atoms with Crippen molar-refractivity contribution in [3.8, 4) is 10.6 Å². The Balaban J connectivity index is 1.79. The quantitative estimate of drug-likeness (QED) is 0.887. The lowest BCUT2D eigenvalue weighted by Crippen LogP contribution is -2.52. The lowest BCUT2D eigenvalue weighted by molar-refractivity contribution is -0.155. The van der Waals surface area contributed by atoms with Gasteiger partial charge < -0.3 is 14.7 Å². The van der Waals surface area contributed by atoms with Crippen molar-refractivity contribution in [3.05, 3.63) is 41.4 Å². The largest absolute Gasteiger partial charge is 0.481 e. The van der Waals surface area contributed by atoms with Crippen LogP contribution in [0.25, 0.3) is 10.6 Å². The second-order valence-corrected chi connectivity index (χ2v) is 7.28. The molecule has 1 atom stereocenters. The minimum absolute atomic E-state index is 0.101. The Bertz CT molecular complexity index is 757. The predicted octanol–water partition coefficient (Wildman–Crippen LogP) is 2.76. The maximum Gasteiger partial charge on any atom is 0.313 e. The van der Waals surface area contributed by atoms with E-state index in [1.54, 1.807) is 11.1 Å². The molecule has 1 amide bonds. The number of amides is 1. The molecule has 1 aromatic carbocycles. The van der Waals surface area contributed by atoms with Gasteiger partial charge in [-0.2, -0.15) is 0 Å².